The number of carbonyl (C=O) groups is 2. The van der Waals surface area contributed by atoms with Crippen LogP contribution in [0.4, 0.5) is 0 Å². The Bertz CT molecular complexity index is 1060. The largest absolute Gasteiger partial charge is 0.368 e. The molecule has 2 N–H and O–H groups in total. The maximum atomic E-state index is 13.9. The van der Waals surface area contributed by atoms with Gasteiger partial charge in [-0.25, -0.2) is 0 Å². The molecule has 3 aliphatic rings. The van der Waals surface area contributed by atoms with E-state index < -0.39 is 11.3 Å². The predicted molar refractivity (Wildman–Crippen MR) is 140 cm³/mol. The van der Waals surface area contributed by atoms with Gasteiger partial charge in [0.05, 0.1) is 12.0 Å². The lowest BCUT2D eigenvalue weighted by Gasteiger charge is -2.49. The Hall–Kier alpha value is -2.66. The third-order valence-corrected chi connectivity index (χ3v) is 8.98. The molecule has 1 saturated carbocycles. The third kappa shape index (κ3) is 4.63. The minimum atomic E-state index is -0.552. The average molecular weight is 474 g/mol. The molecule has 1 saturated heterocycles. The van der Waals surface area contributed by atoms with Crippen molar-refractivity contribution in [3.63, 3.8) is 0 Å². The first-order chi connectivity index (χ1) is 16.9. The number of nitrogens with zero attached hydrogens (tertiary/aromatic N) is 2. The van der Waals surface area contributed by atoms with Crippen LogP contribution in [0.1, 0.15) is 63.5 Å². The molecular formula is C30H39N3O2. The van der Waals surface area contributed by atoms with Crippen LogP contribution in [0.5, 0.6) is 0 Å². The van der Waals surface area contributed by atoms with Crippen molar-refractivity contribution < 1.29 is 9.59 Å². The minimum absolute atomic E-state index is 0.0154. The number of benzene rings is 2. The van der Waals surface area contributed by atoms with Crippen LogP contribution in [0.25, 0.3) is 11.1 Å². The van der Waals surface area contributed by atoms with Crippen molar-refractivity contribution in [2.75, 3.05) is 19.6 Å². The highest BCUT2D eigenvalue weighted by molar-refractivity contribution is 5.93. The van der Waals surface area contributed by atoms with E-state index in [4.69, 9.17) is 5.73 Å². The Labute approximate surface area is 209 Å². The average Bonchev–Trinajstić information content (AvgIpc) is 2.87. The van der Waals surface area contributed by atoms with Crippen LogP contribution in [0.3, 0.4) is 0 Å². The van der Waals surface area contributed by atoms with E-state index in [0.29, 0.717) is 12.6 Å². The van der Waals surface area contributed by atoms with Crippen molar-refractivity contribution in [3.8, 4) is 11.1 Å². The van der Waals surface area contributed by atoms with Crippen LogP contribution in [0.15, 0.2) is 48.5 Å². The smallest absolute Gasteiger partial charge is 0.237 e. The highest BCUT2D eigenvalue weighted by Gasteiger charge is 2.49. The summed E-state index contributed by atoms with van der Waals surface area (Å²) >= 11 is 0. The maximum Gasteiger partial charge on any atom is 0.237 e. The zero-order valence-corrected chi connectivity index (χ0v) is 21.2. The van der Waals surface area contributed by atoms with E-state index in [1.165, 1.54) is 25.7 Å². The molecule has 35 heavy (non-hydrogen) atoms. The number of rotatable bonds is 5. The van der Waals surface area contributed by atoms with Gasteiger partial charge in [0.1, 0.15) is 0 Å². The molecule has 2 aliphatic heterocycles. The number of carbonyl (C=O) groups excluding carboxylic acids is 2. The predicted octanol–water partition coefficient (Wildman–Crippen LogP) is 4.73. The molecule has 0 unspecified atom stereocenters. The number of primary amides is 1. The lowest BCUT2D eigenvalue weighted by molar-refractivity contribution is -0.144. The topological polar surface area (TPSA) is 66.6 Å². The Kier molecular flexibility index (Phi) is 6.71. The van der Waals surface area contributed by atoms with Crippen LogP contribution in [-0.2, 0) is 21.5 Å². The number of fused-ring (bicyclic) bond motifs is 2. The summed E-state index contributed by atoms with van der Waals surface area (Å²) in [6.45, 7) is 7.01. The van der Waals surface area contributed by atoms with E-state index in [1.54, 1.807) is 4.90 Å². The molecular weight excluding hydrogens is 434 g/mol. The molecule has 186 valence electrons. The molecule has 0 aromatic heterocycles. The second-order valence-electron chi connectivity index (χ2n) is 11.3. The summed E-state index contributed by atoms with van der Waals surface area (Å²) in [6, 6.07) is 17.5. The molecule has 2 heterocycles. The molecule has 1 spiro atoms. The molecule has 5 rings (SSSR count). The first kappa shape index (κ1) is 24.1. The summed E-state index contributed by atoms with van der Waals surface area (Å²) in [6.07, 6.45) is 6.80. The quantitative estimate of drug-likeness (QED) is 0.683. The summed E-state index contributed by atoms with van der Waals surface area (Å²) in [7, 11) is 0. The van der Waals surface area contributed by atoms with E-state index in [2.05, 4.69) is 49.1 Å². The van der Waals surface area contributed by atoms with Crippen molar-refractivity contribution in [3.05, 3.63) is 59.7 Å². The molecule has 2 aromatic rings. The van der Waals surface area contributed by atoms with Crippen molar-refractivity contribution in [1.82, 2.24) is 9.80 Å². The molecule has 0 radical (unpaired) electrons. The Morgan fingerprint density at radius 2 is 1.69 bits per heavy atom. The van der Waals surface area contributed by atoms with Gasteiger partial charge in [0.25, 0.3) is 0 Å². The monoisotopic (exact) mass is 473 g/mol. The molecule has 5 nitrogen and oxygen atoms in total. The minimum Gasteiger partial charge on any atom is -0.368 e. The fourth-order valence-electron chi connectivity index (χ4n) is 6.90. The highest BCUT2D eigenvalue weighted by atomic mass is 16.2. The second kappa shape index (κ2) is 9.77. The van der Waals surface area contributed by atoms with Crippen molar-refractivity contribution in [1.29, 1.82) is 0 Å². The lowest BCUT2D eigenvalue weighted by Crippen LogP contribution is -2.58. The Morgan fingerprint density at radius 3 is 2.31 bits per heavy atom. The van der Waals surface area contributed by atoms with E-state index in [0.717, 1.165) is 60.0 Å². The van der Waals surface area contributed by atoms with Crippen LogP contribution in [0.2, 0.25) is 0 Å². The normalized spacial score (nSPS) is 24.5. The summed E-state index contributed by atoms with van der Waals surface area (Å²) in [5.74, 6) is 1.26. The van der Waals surface area contributed by atoms with E-state index in [9.17, 15) is 9.59 Å². The Balaban J connectivity index is 1.40. The van der Waals surface area contributed by atoms with Crippen LogP contribution in [-0.4, -0.2) is 47.3 Å². The standard InChI is InChI=1S/C30H39N3O2/c1-21(2)22-8-11-26(12-9-22)32-16-14-30(15-17-32)27-13-10-24(23-6-4-3-5-7-23)18-25(27)19-33(29(30)35)20-28(31)34/h3-7,10,13,18,21-22,26H,8-9,11-12,14-17,19-20H2,1-2H3,(H2,31,34). The van der Waals surface area contributed by atoms with Crippen molar-refractivity contribution in [2.45, 2.75) is 70.4 Å². The molecule has 2 fully saturated rings. The summed E-state index contributed by atoms with van der Waals surface area (Å²) < 4.78 is 0. The van der Waals surface area contributed by atoms with E-state index >= 15 is 0 Å². The van der Waals surface area contributed by atoms with Gasteiger partial charge in [0.2, 0.25) is 11.8 Å². The SMILES string of the molecule is CC(C)C1CCC(N2CCC3(CC2)C(=O)N(CC(N)=O)Cc2cc(-c4ccccc4)ccc23)CC1. The molecule has 1 aliphatic carbocycles. The number of piperidine rings is 1. The second-order valence-corrected chi connectivity index (χ2v) is 11.3. The van der Waals surface area contributed by atoms with Crippen LogP contribution >= 0.6 is 0 Å². The first-order valence-electron chi connectivity index (χ1n) is 13.4. The highest BCUT2D eigenvalue weighted by Crippen LogP contribution is 2.45. The third-order valence-electron chi connectivity index (χ3n) is 8.98. The van der Waals surface area contributed by atoms with Gasteiger partial charge >= 0.3 is 0 Å². The first-order valence-corrected chi connectivity index (χ1v) is 13.4. The molecule has 5 heteroatoms. The van der Waals surface area contributed by atoms with Gasteiger partial charge in [-0.2, -0.15) is 0 Å². The summed E-state index contributed by atoms with van der Waals surface area (Å²) in [5.41, 5.74) is 9.62. The van der Waals surface area contributed by atoms with Gasteiger partial charge in [-0.1, -0.05) is 56.3 Å². The Morgan fingerprint density at radius 1 is 1.00 bits per heavy atom. The van der Waals surface area contributed by atoms with Gasteiger partial charge in [-0.05, 0) is 91.8 Å². The lowest BCUT2D eigenvalue weighted by atomic mass is 9.67. The van der Waals surface area contributed by atoms with Crippen molar-refractivity contribution in [2.24, 2.45) is 17.6 Å². The van der Waals surface area contributed by atoms with Gasteiger partial charge < -0.3 is 15.5 Å². The van der Waals surface area contributed by atoms with Crippen LogP contribution < -0.4 is 5.73 Å². The fourth-order valence-corrected chi connectivity index (χ4v) is 6.90. The van der Waals surface area contributed by atoms with Crippen LogP contribution in [0, 0.1) is 11.8 Å². The fraction of sp³-hybridized carbons (Fsp3) is 0.533. The molecule has 2 amide bonds. The molecule has 2 aromatic carbocycles. The van der Waals surface area contributed by atoms with Gasteiger partial charge in [0, 0.05) is 12.6 Å². The van der Waals surface area contributed by atoms with E-state index in [1.807, 2.05) is 18.2 Å². The number of nitrogens with two attached hydrogens (primary N) is 1. The van der Waals surface area contributed by atoms with Crippen molar-refractivity contribution >= 4 is 11.8 Å². The number of likely N-dealkylation sites (tertiary alicyclic amines) is 1. The maximum absolute atomic E-state index is 13.9. The number of hydrogen-bond acceptors (Lipinski definition) is 3. The number of amides is 2. The van der Waals surface area contributed by atoms with E-state index in [-0.39, 0.29) is 12.5 Å². The van der Waals surface area contributed by atoms with Gasteiger partial charge in [0.15, 0.2) is 0 Å². The zero-order chi connectivity index (χ0) is 24.6. The van der Waals surface area contributed by atoms with Gasteiger partial charge in [-0.15, -0.1) is 0 Å². The van der Waals surface area contributed by atoms with Gasteiger partial charge in [-0.3, -0.25) is 9.59 Å². The molecule has 0 bridgehead atoms. The summed E-state index contributed by atoms with van der Waals surface area (Å²) in [4.78, 5) is 30.0. The number of hydrogen-bond donors (Lipinski definition) is 1. The molecule has 0 atom stereocenters. The zero-order valence-electron chi connectivity index (χ0n) is 21.2. The summed E-state index contributed by atoms with van der Waals surface area (Å²) in [5, 5.41) is 0.